The number of benzene rings is 1. The highest BCUT2D eigenvalue weighted by Crippen LogP contribution is 2.45. The minimum Gasteiger partial charge on any atom is -0.481 e. The molecule has 0 spiro atoms. The second-order valence-electron chi connectivity index (χ2n) is 5.35. The van der Waals surface area contributed by atoms with Crippen molar-refractivity contribution in [2.24, 2.45) is 5.41 Å². The maximum atomic E-state index is 12.4. The molecule has 0 aromatic heterocycles. The van der Waals surface area contributed by atoms with Crippen molar-refractivity contribution in [3.05, 3.63) is 27.2 Å². The number of hydrogen-bond acceptors (Lipinski definition) is 3. The molecule has 0 amide bonds. The van der Waals surface area contributed by atoms with E-state index >= 15 is 0 Å². The van der Waals surface area contributed by atoms with Gasteiger partial charge in [0.15, 0.2) is 0 Å². The van der Waals surface area contributed by atoms with Gasteiger partial charge in [0.1, 0.15) is 4.90 Å². The highest BCUT2D eigenvalue weighted by Gasteiger charge is 2.50. The smallest absolute Gasteiger partial charge is 0.310 e. The van der Waals surface area contributed by atoms with E-state index in [2.05, 4.69) is 4.72 Å². The Morgan fingerprint density at radius 3 is 2.43 bits per heavy atom. The van der Waals surface area contributed by atoms with Crippen LogP contribution < -0.4 is 4.72 Å². The molecule has 2 rings (SSSR count). The lowest BCUT2D eigenvalue weighted by Gasteiger charge is -2.16. The summed E-state index contributed by atoms with van der Waals surface area (Å²) in [4.78, 5) is 11.0. The van der Waals surface area contributed by atoms with Crippen LogP contribution in [0.3, 0.4) is 0 Å². The fourth-order valence-electron chi connectivity index (χ4n) is 2.06. The largest absolute Gasteiger partial charge is 0.481 e. The van der Waals surface area contributed by atoms with Gasteiger partial charge in [0, 0.05) is 11.6 Å². The number of carbonyl (C=O) groups is 1. The van der Waals surface area contributed by atoms with E-state index in [1.165, 1.54) is 0 Å². The molecule has 1 fully saturated rings. The van der Waals surface area contributed by atoms with Gasteiger partial charge < -0.3 is 5.11 Å². The molecule has 1 saturated carbocycles. The van der Waals surface area contributed by atoms with Crippen molar-refractivity contribution in [1.82, 2.24) is 4.72 Å². The maximum Gasteiger partial charge on any atom is 0.310 e. The minimum absolute atomic E-state index is 0.0876. The van der Waals surface area contributed by atoms with Gasteiger partial charge in [-0.25, -0.2) is 13.1 Å². The van der Waals surface area contributed by atoms with E-state index in [-0.39, 0.29) is 16.5 Å². The van der Waals surface area contributed by atoms with Crippen molar-refractivity contribution < 1.29 is 18.3 Å². The molecule has 1 aliphatic carbocycles. The zero-order valence-electron chi connectivity index (χ0n) is 11.5. The van der Waals surface area contributed by atoms with Crippen LogP contribution in [0.25, 0.3) is 0 Å². The summed E-state index contributed by atoms with van der Waals surface area (Å²) in [6.45, 7) is 3.07. The molecule has 2 N–H and O–H groups in total. The Kier molecular flexibility index (Phi) is 4.28. The Hall–Kier alpha value is -0.820. The zero-order chi connectivity index (χ0) is 16.0. The first kappa shape index (κ1) is 16.5. The minimum atomic E-state index is -3.92. The van der Waals surface area contributed by atoms with Crippen LogP contribution in [0.4, 0.5) is 0 Å². The van der Waals surface area contributed by atoms with E-state index in [4.69, 9.17) is 28.3 Å². The molecule has 21 heavy (non-hydrogen) atoms. The monoisotopic (exact) mass is 351 g/mol. The fourth-order valence-corrected chi connectivity index (χ4v) is 4.39. The lowest BCUT2D eigenvalue weighted by Crippen LogP contribution is -2.34. The van der Waals surface area contributed by atoms with Crippen LogP contribution in [0.15, 0.2) is 11.0 Å². The Labute approximate surface area is 133 Å². The molecule has 0 bridgehead atoms. The highest BCUT2D eigenvalue weighted by atomic mass is 35.5. The molecule has 1 aromatic rings. The van der Waals surface area contributed by atoms with Crippen molar-refractivity contribution in [3.8, 4) is 0 Å². The molecule has 8 heteroatoms. The van der Waals surface area contributed by atoms with Gasteiger partial charge in [0.05, 0.1) is 10.4 Å². The third-order valence-corrected chi connectivity index (χ3v) is 6.33. The number of aryl methyl sites for hydroxylation is 1. The van der Waals surface area contributed by atoms with Crippen LogP contribution in [0.2, 0.25) is 10.0 Å². The number of aliphatic carboxylic acids is 1. The van der Waals surface area contributed by atoms with Crippen LogP contribution in [-0.4, -0.2) is 26.0 Å². The highest BCUT2D eigenvalue weighted by molar-refractivity contribution is 7.89. The maximum absolute atomic E-state index is 12.4. The van der Waals surface area contributed by atoms with Gasteiger partial charge in [-0.1, -0.05) is 23.2 Å². The van der Waals surface area contributed by atoms with Crippen molar-refractivity contribution >= 4 is 39.2 Å². The summed E-state index contributed by atoms with van der Waals surface area (Å²) in [7, 11) is -3.92. The summed E-state index contributed by atoms with van der Waals surface area (Å²) in [5, 5.41) is 9.49. The molecule has 0 atom stereocenters. The quantitative estimate of drug-likeness (QED) is 0.854. The SMILES string of the molecule is Cc1cc(Cl)c(C)c(S(=O)(=O)NCC2(C(=O)O)CC2)c1Cl. The summed E-state index contributed by atoms with van der Waals surface area (Å²) in [5.41, 5.74) is -0.0897. The molecular formula is C13H15Cl2NO4S. The van der Waals surface area contributed by atoms with Crippen molar-refractivity contribution in [3.63, 3.8) is 0 Å². The van der Waals surface area contributed by atoms with E-state index in [1.807, 2.05) is 0 Å². The van der Waals surface area contributed by atoms with Gasteiger partial charge in [0.2, 0.25) is 10.0 Å². The van der Waals surface area contributed by atoms with Crippen molar-refractivity contribution in [2.45, 2.75) is 31.6 Å². The Morgan fingerprint density at radius 1 is 1.38 bits per heavy atom. The second kappa shape index (κ2) is 5.43. The molecule has 1 aromatic carbocycles. The lowest BCUT2D eigenvalue weighted by molar-refractivity contribution is -0.143. The Bertz CT molecular complexity index is 685. The molecule has 0 unspecified atom stereocenters. The summed E-state index contributed by atoms with van der Waals surface area (Å²) in [6.07, 6.45) is 0.929. The normalized spacial score (nSPS) is 16.8. The summed E-state index contributed by atoms with van der Waals surface area (Å²) < 4.78 is 27.2. The van der Waals surface area contributed by atoms with Gasteiger partial charge in [0.25, 0.3) is 0 Å². The molecule has 5 nitrogen and oxygen atoms in total. The predicted octanol–water partition coefficient (Wildman–Crippen LogP) is 2.75. The number of hydrogen-bond donors (Lipinski definition) is 2. The van der Waals surface area contributed by atoms with Crippen LogP contribution in [0.1, 0.15) is 24.0 Å². The van der Waals surface area contributed by atoms with E-state index in [0.29, 0.717) is 29.0 Å². The molecule has 0 saturated heterocycles. The number of halogens is 2. The number of nitrogens with one attached hydrogen (secondary N) is 1. The topological polar surface area (TPSA) is 83.5 Å². The van der Waals surface area contributed by atoms with E-state index in [0.717, 1.165) is 0 Å². The first-order chi connectivity index (χ1) is 9.61. The molecule has 0 radical (unpaired) electrons. The Morgan fingerprint density at radius 2 is 1.95 bits per heavy atom. The molecule has 0 aliphatic heterocycles. The zero-order valence-corrected chi connectivity index (χ0v) is 13.9. The summed E-state index contributed by atoms with van der Waals surface area (Å²) in [5.74, 6) is -0.990. The van der Waals surface area contributed by atoms with E-state index < -0.39 is 21.4 Å². The molecule has 1 aliphatic rings. The Balaban J connectivity index is 2.35. The van der Waals surface area contributed by atoms with Gasteiger partial charge >= 0.3 is 5.97 Å². The standard InChI is InChI=1S/C13H15Cl2NO4S/c1-7-5-9(14)8(2)11(10(7)15)21(19,20)16-6-13(3-4-13)12(17)18/h5,16H,3-4,6H2,1-2H3,(H,17,18). The number of carboxylic acids is 1. The van der Waals surface area contributed by atoms with E-state index in [9.17, 15) is 13.2 Å². The third kappa shape index (κ3) is 3.04. The van der Waals surface area contributed by atoms with Crippen LogP contribution in [0, 0.1) is 19.3 Å². The van der Waals surface area contributed by atoms with Gasteiger partial charge in [-0.2, -0.15) is 0 Å². The summed E-state index contributed by atoms with van der Waals surface area (Å²) >= 11 is 12.1. The van der Waals surface area contributed by atoms with Gasteiger partial charge in [-0.15, -0.1) is 0 Å². The van der Waals surface area contributed by atoms with E-state index in [1.54, 1.807) is 19.9 Å². The predicted molar refractivity (Wildman–Crippen MR) is 80.4 cm³/mol. The first-order valence-electron chi connectivity index (χ1n) is 6.29. The molecular weight excluding hydrogens is 337 g/mol. The van der Waals surface area contributed by atoms with Crippen molar-refractivity contribution in [2.75, 3.05) is 6.54 Å². The number of carboxylic acid groups (broad SMARTS) is 1. The van der Waals surface area contributed by atoms with Gasteiger partial charge in [-0.3, -0.25) is 4.79 Å². The van der Waals surface area contributed by atoms with Crippen LogP contribution >= 0.6 is 23.2 Å². The average Bonchev–Trinajstić information content (AvgIpc) is 3.15. The van der Waals surface area contributed by atoms with Crippen LogP contribution in [-0.2, 0) is 14.8 Å². The van der Waals surface area contributed by atoms with Crippen LogP contribution in [0.5, 0.6) is 0 Å². The second-order valence-corrected chi connectivity index (χ2v) is 7.84. The molecule has 0 heterocycles. The third-order valence-electron chi connectivity index (χ3n) is 3.76. The fraction of sp³-hybridized carbons (Fsp3) is 0.462. The number of rotatable bonds is 5. The summed E-state index contributed by atoms with van der Waals surface area (Å²) in [6, 6.07) is 1.60. The first-order valence-corrected chi connectivity index (χ1v) is 8.53. The molecule has 116 valence electrons. The number of sulfonamides is 1. The van der Waals surface area contributed by atoms with Gasteiger partial charge in [-0.05, 0) is 43.9 Å². The average molecular weight is 352 g/mol. The lowest BCUT2D eigenvalue weighted by atomic mass is 10.1. The van der Waals surface area contributed by atoms with Crippen molar-refractivity contribution in [1.29, 1.82) is 0 Å².